The molecular formula is C15H11BrN4O5. The first-order valence-corrected chi connectivity index (χ1v) is 7.82. The van der Waals surface area contributed by atoms with Crippen LogP contribution in [0.1, 0.15) is 11.1 Å². The van der Waals surface area contributed by atoms with Crippen molar-refractivity contribution in [1.29, 1.82) is 0 Å². The number of hydrogen-bond donors (Lipinski definition) is 1. The molecule has 0 spiro atoms. The molecule has 0 atom stereocenters. The van der Waals surface area contributed by atoms with Crippen LogP contribution in [0.5, 0.6) is 5.75 Å². The van der Waals surface area contributed by atoms with Gasteiger partial charge >= 0.3 is 5.69 Å². The highest BCUT2D eigenvalue weighted by atomic mass is 79.9. The molecule has 0 aliphatic heterocycles. The number of non-ortho nitro benzene ring substituents is 1. The van der Waals surface area contributed by atoms with Crippen LogP contribution in [0.25, 0.3) is 0 Å². The summed E-state index contributed by atoms with van der Waals surface area (Å²) >= 11 is 3.40. The molecular weight excluding hydrogens is 396 g/mol. The van der Waals surface area contributed by atoms with E-state index in [1.165, 1.54) is 12.1 Å². The van der Waals surface area contributed by atoms with Gasteiger partial charge in [0.05, 0.1) is 33.2 Å². The fraction of sp³-hybridized carbons (Fsp3) is 0.133. The molecule has 0 heterocycles. The molecule has 1 N–H and O–H groups in total. The van der Waals surface area contributed by atoms with Gasteiger partial charge in [0.1, 0.15) is 11.4 Å². The van der Waals surface area contributed by atoms with E-state index in [9.17, 15) is 20.2 Å². The maximum absolute atomic E-state index is 11.1. The summed E-state index contributed by atoms with van der Waals surface area (Å²) in [4.78, 5) is 20.5. The molecule has 0 unspecified atom stereocenters. The van der Waals surface area contributed by atoms with E-state index >= 15 is 0 Å². The van der Waals surface area contributed by atoms with E-state index in [4.69, 9.17) is 4.74 Å². The van der Waals surface area contributed by atoms with Gasteiger partial charge in [-0.3, -0.25) is 25.7 Å². The third-order valence-electron chi connectivity index (χ3n) is 3.75. The van der Waals surface area contributed by atoms with Crippen LogP contribution in [0.15, 0.2) is 39.9 Å². The molecule has 0 radical (unpaired) electrons. The Bertz CT molecular complexity index is 928. The Kier molecular flexibility index (Phi) is 4.36. The lowest BCUT2D eigenvalue weighted by atomic mass is 9.85. The molecule has 0 amide bonds. The molecule has 2 aromatic rings. The number of fused-ring (bicyclic) bond motifs is 1. The van der Waals surface area contributed by atoms with Crippen LogP contribution in [-0.2, 0) is 6.42 Å². The zero-order valence-corrected chi connectivity index (χ0v) is 14.4. The van der Waals surface area contributed by atoms with E-state index in [-0.39, 0.29) is 11.4 Å². The van der Waals surface area contributed by atoms with Gasteiger partial charge in [0, 0.05) is 18.1 Å². The van der Waals surface area contributed by atoms with E-state index in [1.54, 1.807) is 7.11 Å². The average molecular weight is 407 g/mol. The maximum atomic E-state index is 11.1. The number of nitrogens with zero attached hydrogens (tertiary/aromatic N) is 3. The van der Waals surface area contributed by atoms with Crippen molar-refractivity contribution in [2.24, 2.45) is 5.10 Å². The second-order valence-electron chi connectivity index (χ2n) is 5.18. The number of ether oxygens (including phenoxy) is 1. The van der Waals surface area contributed by atoms with E-state index in [0.717, 1.165) is 21.7 Å². The summed E-state index contributed by atoms with van der Waals surface area (Å²) in [5.74, 6) is 0.641. The molecule has 9 nitrogen and oxygen atoms in total. The van der Waals surface area contributed by atoms with E-state index in [1.807, 2.05) is 12.1 Å². The Balaban J connectivity index is 1.93. The highest BCUT2D eigenvalue weighted by molar-refractivity contribution is 9.10. The molecule has 1 aliphatic carbocycles. The molecule has 0 aromatic heterocycles. The molecule has 2 aromatic carbocycles. The topological polar surface area (TPSA) is 120 Å². The summed E-state index contributed by atoms with van der Waals surface area (Å²) in [5, 5.41) is 26.1. The predicted molar refractivity (Wildman–Crippen MR) is 94.3 cm³/mol. The number of nitro benzene ring substituents is 2. The quantitative estimate of drug-likeness (QED) is 0.597. The lowest BCUT2D eigenvalue weighted by Crippen LogP contribution is -2.22. The Morgan fingerprint density at radius 3 is 2.60 bits per heavy atom. The SMILES string of the molecule is COc1c(Br)ccc2c1C(=NNc1ccc([N+](=O)[O-])cc1[N+](=O)[O-])C2. The Morgan fingerprint density at radius 2 is 1.96 bits per heavy atom. The lowest BCUT2D eigenvalue weighted by Gasteiger charge is -2.24. The number of anilines is 1. The number of methoxy groups -OCH3 is 1. The van der Waals surface area contributed by atoms with Crippen LogP contribution in [0.3, 0.4) is 0 Å². The molecule has 10 heteroatoms. The minimum absolute atomic E-state index is 0.0745. The normalized spacial score (nSPS) is 13.8. The van der Waals surface area contributed by atoms with Gasteiger partial charge in [-0.05, 0) is 33.6 Å². The number of rotatable bonds is 5. The van der Waals surface area contributed by atoms with Crippen LogP contribution < -0.4 is 10.2 Å². The fourth-order valence-corrected chi connectivity index (χ4v) is 3.02. The Hall–Kier alpha value is -3.01. The van der Waals surface area contributed by atoms with Gasteiger partial charge in [-0.1, -0.05) is 6.07 Å². The van der Waals surface area contributed by atoms with Crippen molar-refractivity contribution in [2.75, 3.05) is 12.5 Å². The number of benzene rings is 2. The second kappa shape index (κ2) is 6.48. The highest BCUT2D eigenvalue weighted by Crippen LogP contribution is 2.38. The minimum Gasteiger partial charge on any atom is -0.495 e. The monoisotopic (exact) mass is 406 g/mol. The third kappa shape index (κ3) is 3.03. The van der Waals surface area contributed by atoms with E-state index in [2.05, 4.69) is 26.5 Å². The number of nitrogens with one attached hydrogen (secondary N) is 1. The first-order chi connectivity index (χ1) is 11.9. The molecule has 0 bridgehead atoms. The van der Waals surface area contributed by atoms with Crippen LogP contribution in [-0.4, -0.2) is 22.7 Å². The van der Waals surface area contributed by atoms with Gasteiger partial charge in [-0.2, -0.15) is 5.10 Å². The zero-order valence-electron chi connectivity index (χ0n) is 12.9. The molecule has 128 valence electrons. The van der Waals surface area contributed by atoms with Crippen molar-refractivity contribution in [3.05, 3.63) is 66.2 Å². The molecule has 25 heavy (non-hydrogen) atoms. The van der Waals surface area contributed by atoms with Gasteiger partial charge in [-0.25, -0.2) is 0 Å². The van der Waals surface area contributed by atoms with Crippen LogP contribution in [0.4, 0.5) is 17.1 Å². The van der Waals surface area contributed by atoms with Gasteiger partial charge in [0.15, 0.2) is 0 Å². The largest absolute Gasteiger partial charge is 0.495 e. The number of hydrazone groups is 1. The first kappa shape index (κ1) is 16.8. The molecule has 3 rings (SSSR count). The molecule has 0 fully saturated rings. The average Bonchev–Trinajstić information content (AvgIpc) is 2.56. The fourth-order valence-electron chi connectivity index (χ4n) is 2.53. The summed E-state index contributed by atoms with van der Waals surface area (Å²) in [6.45, 7) is 0. The summed E-state index contributed by atoms with van der Waals surface area (Å²) in [6, 6.07) is 7.16. The third-order valence-corrected chi connectivity index (χ3v) is 4.37. The Labute approximate surface area is 149 Å². The molecule has 0 saturated carbocycles. The van der Waals surface area contributed by atoms with Gasteiger partial charge in [0.25, 0.3) is 5.69 Å². The molecule has 1 aliphatic rings. The maximum Gasteiger partial charge on any atom is 0.301 e. The molecule has 0 saturated heterocycles. The van der Waals surface area contributed by atoms with Gasteiger partial charge < -0.3 is 4.74 Å². The van der Waals surface area contributed by atoms with Crippen molar-refractivity contribution >= 4 is 38.7 Å². The van der Waals surface area contributed by atoms with Crippen molar-refractivity contribution in [1.82, 2.24) is 0 Å². The predicted octanol–water partition coefficient (Wildman–Crippen LogP) is 3.65. The van der Waals surface area contributed by atoms with Crippen LogP contribution >= 0.6 is 15.9 Å². The lowest BCUT2D eigenvalue weighted by molar-refractivity contribution is -0.393. The number of halogens is 1. The van der Waals surface area contributed by atoms with Crippen molar-refractivity contribution in [2.45, 2.75) is 6.42 Å². The van der Waals surface area contributed by atoms with Crippen molar-refractivity contribution in [3.8, 4) is 5.75 Å². The smallest absolute Gasteiger partial charge is 0.301 e. The highest BCUT2D eigenvalue weighted by Gasteiger charge is 2.28. The zero-order chi connectivity index (χ0) is 18.1. The summed E-state index contributed by atoms with van der Waals surface area (Å²) < 4.78 is 6.14. The van der Waals surface area contributed by atoms with Crippen molar-refractivity contribution < 1.29 is 14.6 Å². The van der Waals surface area contributed by atoms with Gasteiger partial charge in [0.2, 0.25) is 0 Å². The van der Waals surface area contributed by atoms with Gasteiger partial charge in [-0.15, -0.1) is 0 Å². The summed E-state index contributed by atoms with van der Waals surface area (Å²) in [6.07, 6.45) is 0.590. The van der Waals surface area contributed by atoms with E-state index < -0.39 is 15.5 Å². The second-order valence-corrected chi connectivity index (χ2v) is 6.03. The van der Waals surface area contributed by atoms with Crippen molar-refractivity contribution in [3.63, 3.8) is 0 Å². The van der Waals surface area contributed by atoms with E-state index in [0.29, 0.717) is 17.9 Å². The number of hydrogen-bond acceptors (Lipinski definition) is 7. The van der Waals surface area contributed by atoms with Crippen LogP contribution in [0, 0.1) is 20.2 Å². The Morgan fingerprint density at radius 1 is 1.20 bits per heavy atom. The van der Waals surface area contributed by atoms with Crippen LogP contribution in [0.2, 0.25) is 0 Å². The standard InChI is InChI=1S/C15H11BrN4O5/c1-25-15-10(16)4-2-8-6-12(14(8)15)18-17-11-5-3-9(19(21)22)7-13(11)20(23)24/h2-5,7,17H,6H2,1H3. The first-order valence-electron chi connectivity index (χ1n) is 7.03. The summed E-state index contributed by atoms with van der Waals surface area (Å²) in [7, 11) is 1.55. The number of nitro groups is 2. The minimum atomic E-state index is -0.693. The summed E-state index contributed by atoms with van der Waals surface area (Å²) in [5.41, 5.74) is 4.49.